The first kappa shape index (κ1) is 15.4. The molecule has 1 aliphatic heterocycles. The first-order valence-corrected chi connectivity index (χ1v) is 7.50. The number of nitrogens with one attached hydrogen (secondary N) is 1. The average Bonchev–Trinajstić information content (AvgIpc) is 3.00. The number of anilines is 1. The van der Waals surface area contributed by atoms with Crippen molar-refractivity contribution in [3.63, 3.8) is 0 Å². The molecule has 1 unspecified atom stereocenters. The van der Waals surface area contributed by atoms with Gasteiger partial charge in [-0.05, 0) is 25.8 Å². The van der Waals surface area contributed by atoms with Crippen molar-refractivity contribution in [2.75, 3.05) is 24.5 Å². The second-order valence-corrected chi connectivity index (χ2v) is 5.74. The Balaban J connectivity index is 1.62. The number of aliphatic hydroxyl groups is 1. The lowest BCUT2D eigenvalue weighted by molar-refractivity contribution is 0.0251. The lowest BCUT2D eigenvalue weighted by Crippen LogP contribution is -2.54. The Morgan fingerprint density at radius 3 is 2.91 bits per heavy atom. The predicted molar refractivity (Wildman–Crippen MR) is 82.0 cm³/mol. The van der Waals surface area contributed by atoms with Crippen LogP contribution in [-0.4, -0.2) is 51.2 Å². The molecule has 0 bridgehead atoms. The van der Waals surface area contributed by atoms with Crippen molar-refractivity contribution in [3.05, 3.63) is 36.3 Å². The van der Waals surface area contributed by atoms with Gasteiger partial charge in [-0.1, -0.05) is 0 Å². The van der Waals surface area contributed by atoms with Crippen molar-refractivity contribution < 1.29 is 14.3 Å². The van der Waals surface area contributed by atoms with Crippen molar-refractivity contribution in [3.8, 4) is 0 Å². The van der Waals surface area contributed by atoms with Gasteiger partial charge in [0.1, 0.15) is 5.76 Å². The summed E-state index contributed by atoms with van der Waals surface area (Å²) >= 11 is 0. The SMILES string of the molecule is Cc1ocnc1C(=O)NCC1(O)CCCN(c2ncccn2)C1. The summed E-state index contributed by atoms with van der Waals surface area (Å²) < 4.78 is 5.02. The molecule has 0 radical (unpaired) electrons. The fourth-order valence-electron chi connectivity index (χ4n) is 2.73. The monoisotopic (exact) mass is 317 g/mol. The van der Waals surface area contributed by atoms with Crippen LogP contribution >= 0.6 is 0 Å². The molecule has 3 rings (SSSR count). The number of rotatable bonds is 4. The van der Waals surface area contributed by atoms with Gasteiger partial charge in [-0.2, -0.15) is 0 Å². The summed E-state index contributed by atoms with van der Waals surface area (Å²) in [6.45, 7) is 2.96. The van der Waals surface area contributed by atoms with E-state index in [9.17, 15) is 9.90 Å². The summed E-state index contributed by atoms with van der Waals surface area (Å²) in [5.74, 6) is 0.694. The smallest absolute Gasteiger partial charge is 0.273 e. The van der Waals surface area contributed by atoms with Crippen LogP contribution in [0.5, 0.6) is 0 Å². The molecule has 0 aromatic carbocycles. The summed E-state index contributed by atoms with van der Waals surface area (Å²) in [6, 6.07) is 1.75. The molecule has 0 spiro atoms. The van der Waals surface area contributed by atoms with Crippen LogP contribution in [0.1, 0.15) is 29.1 Å². The molecule has 1 amide bonds. The fourth-order valence-corrected chi connectivity index (χ4v) is 2.73. The fraction of sp³-hybridized carbons (Fsp3) is 0.467. The highest BCUT2D eigenvalue weighted by molar-refractivity contribution is 5.93. The van der Waals surface area contributed by atoms with E-state index in [1.807, 2.05) is 4.90 Å². The third kappa shape index (κ3) is 3.48. The molecule has 1 fully saturated rings. The van der Waals surface area contributed by atoms with Crippen molar-refractivity contribution >= 4 is 11.9 Å². The van der Waals surface area contributed by atoms with Crippen molar-refractivity contribution in [1.82, 2.24) is 20.3 Å². The van der Waals surface area contributed by atoms with E-state index in [2.05, 4.69) is 20.3 Å². The number of carbonyl (C=O) groups is 1. The summed E-state index contributed by atoms with van der Waals surface area (Å²) in [7, 11) is 0. The van der Waals surface area contributed by atoms with Crippen molar-refractivity contribution in [1.29, 1.82) is 0 Å². The van der Waals surface area contributed by atoms with Gasteiger partial charge in [-0.15, -0.1) is 0 Å². The normalized spacial score (nSPS) is 21.2. The Labute approximate surface area is 133 Å². The summed E-state index contributed by atoms with van der Waals surface area (Å²) in [5.41, 5.74) is -0.780. The van der Waals surface area contributed by atoms with Crippen LogP contribution < -0.4 is 10.2 Å². The Bertz CT molecular complexity index is 675. The quantitative estimate of drug-likeness (QED) is 0.847. The Hall–Kier alpha value is -2.48. The average molecular weight is 317 g/mol. The Kier molecular flexibility index (Phi) is 4.24. The molecule has 0 aliphatic carbocycles. The van der Waals surface area contributed by atoms with Crippen LogP contribution in [0.2, 0.25) is 0 Å². The maximum absolute atomic E-state index is 12.1. The van der Waals surface area contributed by atoms with Crippen LogP contribution in [-0.2, 0) is 0 Å². The Morgan fingerprint density at radius 2 is 2.22 bits per heavy atom. The number of oxazole rings is 1. The number of β-amino-alcohol motifs (C(OH)–C–C–N with tert-alkyl or cyclic N) is 1. The van der Waals surface area contributed by atoms with Gasteiger partial charge in [0.25, 0.3) is 5.91 Å². The van der Waals surface area contributed by atoms with Crippen LogP contribution in [0, 0.1) is 6.92 Å². The number of aromatic nitrogens is 3. The summed E-state index contributed by atoms with van der Waals surface area (Å²) in [4.78, 5) is 26.3. The maximum Gasteiger partial charge on any atom is 0.273 e. The van der Waals surface area contributed by atoms with Gasteiger partial charge in [0.05, 0.1) is 12.1 Å². The van der Waals surface area contributed by atoms with E-state index in [-0.39, 0.29) is 18.1 Å². The zero-order chi connectivity index (χ0) is 16.3. The van der Waals surface area contributed by atoms with Crippen LogP contribution in [0.3, 0.4) is 0 Å². The topological polar surface area (TPSA) is 104 Å². The molecule has 2 N–H and O–H groups in total. The van der Waals surface area contributed by atoms with Gasteiger partial charge in [0.15, 0.2) is 12.1 Å². The highest BCUT2D eigenvalue weighted by Crippen LogP contribution is 2.23. The maximum atomic E-state index is 12.1. The molecule has 0 saturated carbocycles. The number of aryl methyl sites for hydroxylation is 1. The van der Waals surface area contributed by atoms with Gasteiger partial charge in [-0.25, -0.2) is 15.0 Å². The van der Waals surface area contributed by atoms with Gasteiger partial charge >= 0.3 is 0 Å². The van der Waals surface area contributed by atoms with Gasteiger partial charge in [0.2, 0.25) is 5.95 Å². The van der Waals surface area contributed by atoms with Gasteiger partial charge in [0, 0.05) is 25.5 Å². The minimum Gasteiger partial charge on any atom is -0.448 e. The Morgan fingerprint density at radius 1 is 1.43 bits per heavy atom. The number of amides is 1. The number of carbonyl (C=O) groups excluding carboxylic acids is 1. The molecule has 2 aromatic rings. The highest BCUT2D eigenvalue weighted by Gasteiger charge is 2.35. The van der Waals surface area contributed by atoms with E-state index < -0.39 is 5.60 Å². The molecular weight excluding hydrogens is 298 g/mol. The van der Waals surface area contributed by atoms with E-state index >= 15 is 0 Å². The van der Waals surface area contributed by atoms with E-state index in [1.54, 1.807) is 25.4 Å². The first-order chi connectivity index (χ1) is 11.1. The van der Waals surface area contributed by atoms with E-state index in [0.717, 1.165) is 13.0 Å². The molecular formula is C15H19N5O3. The minimum absolute atomic E-state index is 0.140. The first-order valence-electron chi connectivity index (χ1n) is 7.50. The molecule has 1 saturated heterocycles. The number of nitrogens with zero attached hydrogens (tertiary/aromatic N) is 4. The van der Waals surface area contributed by atoms with Crippen LogP contribution in [0.25, 0.3) is 0 Å². The molecule has 8 nitrogen and oxygen atoms in total. The molecule has 3 heterocycles. The highest BCUT2D eigenvalue weighted by atomic mass is 16.3. The molecule has 2 aromatic heterocycles. The van der Waals surface area contributed by atoms with Crippen LogP contribution in [0.15, 0.2) is 29.3 Å². The largest absolute Gasteiger partial charge is 0.448 e. The molecule has 1 aliphatic rings. The predicted octanol–water partition coefficient (Wildman–Crippen LogP) is 0.534. The zero-order valence-corrected chi connectivity index (χ0v) is 12.9. The van der Waals surface area contributed by atoms with Gasteiger partial charge in [-0.3, -0.25) is 4.79 Å². The molecule has 8 heteroatoms. The van der Waals surface area contributed by atoms with Crippen molar-refractivity contribution in [2.24, 2.45) is 0 Å². The minimum atomic E-state index is -1.02. The number of hydrogen-bond acceptors (Lipinski definition) is 7. The van der Waals surface area contributed by atoms with E-state index in [4.69, 9.17) is 4.42 Å². The number of piperidine rings is 1. The zero-order valence-electron chi connectivity index (χ0n) is 12.9. The summed E-state index contributed by atoms with van der Waals surface area (Å²) in [6.07, 6.45) is 5.98. The third-order valence-electron chi connectivity index (χ3n) is 3.93. The van der Waals surface area contributed by atoms with Gasteiger partial charge < -0.3 is 19.7 Å². The third-order valence-corrected chi connectivity index (χ3v) is 3.93. The second-order valence-electron chi connectivity index (χ2n) is 5.74. The van der Waals surface area contributed by atoms with E-state index in [1.165, 1.54) is 6.39 Å². The molecule has 23 heavy (non-hydrogen) atoms. The van der Waals surface area contributed by atoms with E-state index in [0.29, 0.717) is 24.7 Å². The summed E-state index contributed by atoms with van der Waals surface area (Å²) in [5, 5.41) is 13.5. The standard InChI is InChI=1S/C15H19N5O3/c1-11-12(19-10-23-11)13(21)18-8-15(22)4-2-7-20(9-15)14-16-5-3-6-17-14/h3,5-6,10,22H,2,4,7-9H2,1H3,(H,18,21). The molecule has 122 valence electrons. The number of hydrogen-bond donors (Lipinski definition) is 2. The second kappa shape index (κ2) is 6.33. The van der Waals surface area contributed by atoms with Crippen LogP contribution in [0.4, 0.5) is 5.95 Å². The lowest BCUT2D eigenvalue weighted by atomic mass is 9.93. The lowest BCUT2D eigenvalue weighted by Gasteiger charge is -2.39. The molecule has 1 atom stereocenters. The van der Waals surface area contributed by atoms with Crippen molar-refractivity contribution in [2.45, 2.75) is 25.4 Å².